The molecule has 0 aliphatic rings. The van der Waals surface area contributed by atoms with Gasteiger partial charge in [0.05, 0.1) is 11.0 Å². The SMILES string of the molecule is c1ccc(-c2ccc(N(c3ccc(-c4ccccc4)cc3)c3ccc(-n4c5ccc(-c6ccc(-c7ccc8oc9ccccc9c8c7)cc6)cc5c5cc(-c6ccc(-c7ccc8oc9ccccc9c8c7)cc6)ccc54)cc3)cc2)cc1. The van der Waals surface area contributed by atoms with Gasteiger partial charge in [0, 0.05) is 55.1 Å². The molecule has 0 fully saturated rings. The van der Waals surface area contributed by atoms with E-state index in [1.807, 2.05) is 24.3 Å². The summed E-state index contributed by atoms with van der Waals surface area (Å²) in [6.45, 7) is 0. The van der Waals surface area contributed by atoms with Crippen molar-refractivity contribution in [1.82, 2.24) is 4.57 Å². The molecule has 0 saturated carbocycles. The number of fused-ring (bicyclic) bond motifs is 9. The number of anilines is 3. The molecule has 13 aromatic carbocycles. The standard InChI is InChI=1S/C78H50N2O2/c1-3-11-51(12-4-1)53-27-35-63(36-28-53)79(64-37-29-54(30-38-64)52-13-5-2-6-14-52)65-39-41-66(42-40-65)80-73-43-31-59(55-19-23-57(24-20-55)61-33-45-77-71(49-61)67-15-7-9-17-75(67)81-77)47-69(73)70-48-60(32-44-74(70)80)56-21-25-58(26-22-56)62-34-46-78-72(50-62)68-16-8-10-18-76(68)82-78/h1-50H. The number of para-hydroxylation sites is 2. The lowest BCUT2D eigenvalue weighted by molar-refractivity contribution is 0.668. The molecule has 0 amide bonds. The van der Waals surface area contributed by atoms with Gasteiger partial charge in [-0.05, 0) is 176 Å². The normalized spacial score (nSPS) is 11.7. The van der Waals surface area contributed by atoms with Gasteiger partial charge >= 0.3 is 0 Å². The molecule has 0 aliphatic heterocycles. The van der Waals surface area contributed by atoms with Crippen LogP contribution in [0.25, 0.3) is 138 Å². The predicted molar refractivity (Wildman–Crippen MR) is 343 cm³/mol. The maximum Gasteiger partial charge on any atom is 0.135 e. The van der Waals surface area contributed by atoms with Crippen LogP contribution in [-0.4, -0.2) is 4.57 Å². The Morgan fingerprint density at radius 3 is 0.890 bits per heavy atom. The third-order valence-corrected chi connectivity index (χ3v) is 16.5. The van der Waals surface area contributed by atoms with Gasteiger partial charge in [0.1, 0.15) is 22.3 Å². The summed E-state index contributed by atoms with van der Waals surface area (Å²) in [5.74, 6) is 0. The predicted octanol–water partition coefficient (Wildman–Crippen LogP) is 22.1. The van der Waals surface area contributed by atoms with Crippen LogP contribution in [0.4, 0.5) is 17.1 Å². The smallest absolute Gasteiger partial charge is 0.135 e. The van der Waals surface area contributed by atoms with Crippen molar-refractivity contribution >= 4 is 82.7 Å². The lowest BCUT2D eigenvalue weighted by Gasteiger charge is -2.26. The van der Waals surface area contributed by atoms with Gasteiger partial charge in [-0.15, -0.1) is 0 Å². The molecule has 3 heterocycles. The first kappa shape index (κ1) is 47.1. The number of aromatic nitrogens is 1. The first-order valence-corrected chi connectivity index (χ1v) is 27.9. The van der Waals surface area contributed by atoms with Crippen LogP contribution in [0.15, 0.2) is 312 Å². The fourth-order valence-electron chi connectivity index (χ4n) is 12.2. The van der Waals surface area contributed by atoms with E-state index in [0.29, 0.717) is 0 Å². The molecule has 0 aliphatic carbocycles. The highest BCUT2D eigenvalue weighted by Gasteiger charge is 2.19. The van der Waals surface area contributed by atoms with Gasteiger partial charge in [-0.1, -0.05) is 194 Å². The summed E-state index contributed by atoms with van der Waals surface area (Å²) in [5, 5.41) is 6.91. The summed E-state index contributed by atoms with van der Waals surface area (Å²) in [5.41, 5.74) is 24.3. The van der Waals surface area contributed by atoms with E-state index in [0.717, 1.165) is 122 Å². The van der Waals surface area contributed by atoms with Crippen molar-refractivity contribution in [2.75, 3.05) is 4.90 Å². The minimum atomic E-state index is 0.902. The van der Waals surface area contributed by atoms with E-state index in [2.05, 4.69) is 289 Å². The van der Waals surface area contributed by atoms with Crippen LogP contribution in [0.3, 0.4) is 0 Å². The van der Waals surface area contributed by atoms with E-state index in [1.165, 1.54) is 33.0 Å². The van der Waals surface area contributed by atoms with Gasteiger partial charge in [0.15, 0.2) is 0 Å². The van der Waals surface area contributed by atoms with Crippen LogP contribution in [0.1, 0.15) is 0 Å². The fourth-order valence-corrected chi connectivity index (χ4v) is 12.2. The van der Waals surface area contributed by atoms with Crippen molar-refractivity contribution in [3.8, 4) is 72.4 Å². The minimum absolute atomic E-state index is 0.902. The maximum atomic E-state index is 6.16. The summed E-state index contributed by atoms with van der Waals surface area (Å²) in [6, 6.07) is 109. The Morgan fingerprint density at radius 2 is 0.488 bits per heavy atom. The molecule has 16 aromatic rings. The number of hydrogen-bond acceptors (Lipinski definition) is 3. The van der Waals surface area contributed by atoms with Crippen LogP contribution in [0, 0.1) is 0 Å². The Balaban J connectivity index is 0.785. The Kier molecular flexibility index (Phi) is 11.2. The highest BCUT2D eigenvalue weighted by molar-refractivity contribution is 6.12. The van der Waals surface area contributed by atoms with Crippen molar-refractivity contribution in [3.63, 3.8) is 0 Å². The first-order chi connectivity index (χ1) is 40.6. The van der Waals surface area contributed by atoms with Gasteiger partial charge in [-0.3, -0.25) is 0 Å². The zero-order valence-electron chi connectivity index (χ0n) is 44.6. The number of nitrogens with zero attached hydrogens (tertiary/aromatic N) is 2. The van der Waals surface area contributed by atoms with E-state index in [9.17, 15) is 0 Å². The highest BCUT2D eigenvalue weighted by atomic mass is 16.3. The number of hydrogen-bond donors (Lipinski definition) is 0. The molecule has 0 radical (unpaired) electrons. The van der Waals surface area contributed by atoms with E-state index in [-0.39, 0.29) is 0 Å². The Morgan fingerprint density at radius 1 is 0.207 bits per heavy atom. The molecule has 4 nitrogen and oxygen atoms in total. The van der Waals surface area contributed by atoms with E-state index >= 15 is 0 Å². The third kappa shape index (κ3) is 8.24. The van der Waals surface area contributed by atoms with Gasteiger partial charge in [-0.25, -0.2) is 0 Å². The zero-order valence-corrected chi connectivity index (χ0v) is 44.6. The molecular weight excluding hydrogens is 997 g/mol. The highest BCUT2D eigenvalue weighted by Crippen LogP contribution is 2.42. The van der Waals surface area contributed by atoms with Gasteiger partial charge < -0.3 is 18.3 Å². The van der Waals surface area contributed by atoms with Crippen LogP contribution in [0.5, 0.6) is 0 Å². The van der Waals surface area contributed by atoms with Crippen LogP contribution >= 0.6 is 0 Å². The van der Waals surface area contributed by atoms with E-state index < -0.39 is 0 Å². The lowest BCUT2D eigenvalue weighted by atomic mass is 9.97. The summed E-state index contributed by atoms with van der Waals surface area (Å²) in [7, 11) is 0. The summed E-state index contributed by atoms with van der Waals surface area (Å²) in [4.78, 5) is 2.35. The van der Waals surface area contributed by atoms with Crippen molar-refractivity contribution < 1.29 is 8.83 Å². The largest absolute Gasteiger partial charge is 0.456 e. The first-order valence-electron chi connectivity index (χ1n) is 27.9. The quantitative estimate of drug-likeness (QED) is 0.137. The molecule has 4 heteroatoms. The minimum Gasteiger partial charge on any atom is -0.456 e. The second kappa shape index (κ2) is 19.5. The van der Waals surface area contributed by atoms with Crippen molar-refractivity contribution in [1.29, 1.82) is 0 Å². The summed E-state index contributed by atoms with van der Waals surface area (Å²) in [6.07, 6.45) is 0. The molecule has 82 heavy (non-hydrogen) atoms. The van der Waals surface area contributed by atoms with Crippen LogP contribution in [-0.2, 0) is 0 Å². The summed E-state index contributed by atoms with van der Waals surface area (Å²) >= 11 is 0. The van der Waals surface area contributed by atoms with Crippen molar-refractivity contribution in [2.45, 2.75) is 0 Å². The molecule has 0 atom stereocenters. The van der Waals surface area contributed by atoms with E-state index in [4.69, 9.17) is 8.83 Å². The molecule has 0 unspecified atom stereocenters. The topological polar surface area (TPSA) is 34.5 Å². The number of rotatable bonds is 10. The van der Waals surface area contributed by atoms with Crippen LogP contribution < -0.4 is 4.90 Å². The third-order valence-electron chi connectivity index (χ3n) is 16.5. The number of furan rings is 2. The van der Waals surface area contributed by atoms with Gasteiger partial charge in [0.25, 0.3) is 0 Å². The second-order valence-corrected chi connectivity index (χ2v) is 21.2. The molecule has 3 aromatic heterocycles. The Labute approximate surface area is 474 Å². The Bertz CT molecular complexity index is 4740. The maximum absolute atomic E-state index is 6.16. The molecule has 0 N–H and O–H groups in total. The average Bonchev–Trinajstić information content (AvgIpc) is 4.40. The molecule has 0 saturated heterocycles. The Hall–Kier alpha value is -10.9. The zero-order chi connectivity index (χ0) is 54.1. The number of benzene rings is 13. The molecule has 0 spiro atoms. The molecule has 384 valence electrons. The van der Waals surface area contributed by atoms with Crippen molar-refractivity contribution in [2.24, 2.45) is 0 Å². The van der Waals surface area contributed by atoms with Crippen LogP contribution in [0.2, 0.25) is 0 Å². The fraction of sp³-hybridized carbons (Fsp3) is 0. The van der Waals surface area contributed by atoms with Gasteiger partial charge in [-0.2, -0.15) is 0 Å². The monoisotopic (exact) mass is 1050 g/mol. The summed E-state index contributed by atoms with van der Waals surface area (Å²) < 4.78 is 14.7. The van der Waals surface area contributed by atoms with Crippen molar-refractivity contribution in [3.05, 3.63) is 303 Å². The van der Waals surface area contributed by atoms with E-state index in [1.54, 1.807) is 0 Å². The van der Waals surface area contributed by atoms with Gasteiger partial charge in [0.2, 0.25) is 0 Å². The second-order valence-electron chi connectivity index (χ2n) is 21.2. The molecule has 16 rings (SSSR count). The average molecular weight is 1050 g/mol. The molecular formula is C78H50N2O2. The molecule has 0 bridgehead atoms. The lowest BCUT2D eigenvalue weighted by Crippen LogP contribution is -2.10.